The van der Waals surface area contributed by atoms with Crippen molar-refractivity contribution in [1.82, 2.24) is 9.97 Å². The maximum Gasteiger partial charge on any atom is 0.159 e. The molecule has 1 heterocycles. The van der Waals surface area contributed by atoms with Gasteiger partial charge < -0.3 is 0 Å². The summed E-state index contributed by atoms with van der Waals surface area (Å²) < 4.78 is 12.4. The number of aromatic nitrogens is 2. The SMILES string of the molecule is CC(Cc1ncc(F)cn1)SN. The van der Waals surface area contributed by atoms with Crippen LogP contribution in [0.2, 0.25) is 0 Å². The van der Waals surface area contributed by atoms with Crippen LogP contribution in [-0.2, 0) is 6.42 Å². The Morgan fingerprint density at radius 2 is 2.17 bits per heavy atom. The van der Waals surface area contributed by atoms with Gasteiger partial charge in [-0.15, -0.1) is 0 Å². The standard InChI is InChI=1S/C7H10FN3S/c1-5(12-9)2-7-10-3-6(8)4-11-7/h3-5H,2,9H2,1H3. The number of nitrogens with two attached hydrogens (primary N) is 1. The lowest BCUT2D eigenvalue weighted by molar-refractivity contribution is 0.607. The third kappa shape index (κ3) is 2.75. The highest BCUT2D eigenvalue weighted by atomic mass is 32.2. The smallest absolute Gasteiger partial charge is 0.159 e. The fourth-order valence-corrected chi connectivity index (χ4v) is 0.995. The molecule has 1 unspecified atom stereocenters. The van der Waals surface area contributed by atoms with Crippen LogP contribution in [0.4, 0.5) is 4.39 Å². The first-order valence-electron chi connectivity index (χ1n) is 3.54. The summed E-state index contributed by atoms with van der Waals surface area (Å²) in [6, 6.07) is 0. The summed E-state index contributed by atoms with van der Waals surface area (Å²) in [5, 5.41) is 5.60. The molecule has 66 valence electrons. The Bertz CT molecular complexity index is 239. The summed E-state index contributed by atoms with van der Waals surface area (Å²) in [5.74, 6) is 0.216. The van der Waals surface area contributed by atoms with E-state index >= 15 is 0 Å². The van der Waals surface area contributed by atoms with Crippen LogP contribution in [0.1, 0.15) is 12.7 Å². The van der Waals surface area contributed by atoms with Crippen LogP contribution in [0.5, 0.6) is 0 Å². The Morgan fingerprint density at radius 3 is 2.67 bits per heavy atom. The van der Waals surface area contributed by atoms with E-state index in [1.54, 1.807) is 0 Å². The molecular weight excluding hydrogens is 177 g/mol. The maximum absolute atomic E-state index is 12.4. The Kier molecular flexibility index (Phi) is 3.43. The zero-order valence-electron chi connectivity index (χ0n) is 6.70. The second-order valence-electron chi connectivity index (χ2n) is 2.47. The zero-order chi connectivity index (χ0) is 8.97. The summed E-state index contributed by atoms with van der Waals surface area (Å²) in [7, 11) is 0. The average Bonchev–Trinajstić information content (AvgIpc) is 2.09. The van der Waals surface area contributed by atoms with Crippen LogP contribution >= 0.6 is 11.9 Å². The number of hydrogen-bond acceptors (Lipinski definition) is 4. The Hall–Kier alpha value is -0.680. The van der Waals surface area contributed by atoms with E-state index in [0.717, 1.165) is 12.4 Å². The molecule has 0 aliphatic heterocycles. The molecule has 5 heteroatoms. The van der Waals surface area contributed by atoms with Crippen LogP contribution in [0.3, 0.4) is 0 Å². The summed E-state index contributed by atoms with van der Waals surface area (Å²) in [6.45, 7) is 1.97. The molecule has 0 bridgehead atoms. The van der Waals surface area contributed by atoms with Crippen molar-refractivity contribution in [3.05, 3.63) is 24.0 Å². The minimum absolute atomic E-state index is 0.260. The van der Waals surface area contributed by atoms with Crippen molar-refractivity contribution in [2.24, 2.45) is 5.14 Å². The molecule has 0 spiro atoms. The summed E-state index contributed by atoms with van der Waals surface area (Å²) in [6.07, 6.45) is 2.99. The van der Waals surface area contributed by atoms with Gasteiger partial charge in [-0.05, 0) is 0 Å². The molecule has 0 saturated heterocycles. The normalized spacial score (nSPS) is 12.9. The first-order chi connectivity index (χ1) is 5.72. The minimum Gasteiger partial charge on any atom is -0.278 e. The second kappa shape index (κ2) is 4.37. The van der Waals surface area contributed by atoms with Crippen molar-refractivity contribution in [1.29, 1.82) is 0 Å². The van der Waals surface area contributed by atoms with Gasteiger partial charge in [-0.25, -0.2) is 14.4 Å². The quantitative estimate of drug-likeness (QED) is 0.721. The predicted octanol–water partition coefficient (Wildman–Crippen LogP) is 1.15. The number of rotatable bonds is 3. The highest BCUT2D eigenvalue weighted by molar-refractivity contribution is 7.97. The molecule has 0 aromatic carbocycles. The average molecular weight is 187 g/mol. The van der Waals surface area contributed by atoms with Crippen molar-refractivity contribution < 1.29 is 4.39 Å². The lowest BCUT2D eigenvalue weighted by Crippen LogP contribution is -2.07. The van der Waals surface area contributed by atoms with E-state index in [1.807, 2.05) is 6.92 Å². The van der Waals surface area contributed by atoms with Gasteiger partial charge in [0.2, 0.25) is 0 Å². The summed E-state index contributed by atoms with van der Waals surface area (Å²) >= 11 is 1.25. The molecule has 1 rings (SSSR count). The van der Waals surface area contributed by atoms with Crippen molar-refractivity contribution in [2.45, 2.75) is 18.6 Å². The van der Waals surface area contributed by atoms with Gasteiger partial charge in [-0.2, -0.15) is 0 Å². The van der Waals surface area contributed by atoms with Crippen LogP contribution in [-0.4, -0.2) is 15.2 Å². The molecule has 1 aromatic heterocycles. The largest absolute Gasteiger partial charge is 0.278 e. The molecule has 2 N–H and O–H groups in total. The van der Waals surface area contributed by atoms with Crippen molar-refractivity contribution in [3.63, 3.8) is 0 Å². The van der Waals surface area contributed by atoms with Crippen molar-refractivity contribution in [3.8, 4) is 0 Å². The highest BCUT2D eigenvalue weighted by Gasteiger charge is 2.04. The number of hydrogen-bond donors (Lipinski definition) is 1. The molecule has 3 nitrogen and oxygen atoms in total. The third-order valence-electron chi connectivity index (χ3n) is 1.38. The van der Waals surface area contributed by atoms with E-state index in [0.29, 0.717) is 12.2 Å². The third-order valence-corrected chi connectivity index (χ3v) is 2.01. The monoisotopic (exact) mass is 187 g/mol. The van der Waals surface area contributed by atoms with E-state index in [2.05, 4.69) is 9.97 Å². The van der Waals surface area contributed by atoms with E-state index in [4.69, 9.17) is 5.14 Å². The van der Waals surface area contributed by atoms with Crippen LogP contribution in [0.15, 0.2) is 12.4 Å². The zero-order valence-corrected chi connectivity index (χ0v) is 7.51. The van der Waals surface area contributed by atoms with Crippen LogP contribution in [0.25, 0.3) is 0 Å². The van der Waals surface area contributed by atoms with Gasteiger partial charge in [0, 0.05) is 11.7 Å². The second-order valence-corrected chi connectivity index (χ2v) is 3.55. The van der Waals surface area contributed by atoms with Gasteiger partial charge in [-0.1, -0.05) is 18.9 Å². The van der Waals surface area contributed by atoms with Crippen molar-refractivity contribution in [2.75, 3.05) is 0 Å². The molecule has 0 aliphatic rings. The van der Waals surface area contributed by atoms with Gasteiger partial charge in [0.1, 0.15) is 5.82 Å². The highest BCUT2D eigenvalue weighted by Crippen LogP contribution is 2.06. The molecule has 0 amide bonds. The topological polar surface area (TPSA) is 51.8 Å². The Balaban J connectivity index is 2.58. The van der Waals surface area contributed by atoms with Crippen molar-refractivity contribution >= 4 is 11.9 Å². The number of halogens is 1. The Labute approximate surface area is 74.7 Å². The molecule has 0 saturated carbocycles. The van der Waals surface area contributed by atoms with Gasteiger partial charge in [-0.3, -0.25) is 5.14 Å². The molecule has 0 fully saturated rings. The van der Waals surface area contributed by atoms with Gasteiger partial charge in [0.05, 0.1) is 12.4 Å². The van der Waals surface area contributed by atoms with E-state index in [9.17, 15) is 4.39 Å². The first-order valence-corrected chi connectivity index (χ1v) is 4.48. The fourth-order valence-electron chi connectivity index (χ4n) is 0.750. The first kappa shape index (κ1) is 9.41. The molecule has 0 radical (unpaired) electrons. The Morgan fingerprint density at radius 1 is 1.58 bits per heavy atom. The maximum atomic E-state index is 12.4. The van der Waals surface area contributed by atoms with Gasteiger partial charge in [0.25, 0.3) is 0 Å². The fraction of sp³-hybridized carbons (Fsp3) is 0.429. The molecular formula is C7H10FN3S. The summed E-state index contributed by atoms with van der Waals surface area (Å²) in [4.78, 5) is 7.62. The lowest BCUT2D eigenvalue weighted by Gasteiger charge is -2.04. The van der Waals surface area contributed by atoms with Crippen LogP contribution in [0, 0.1) is 5.82 Å². The predicted molar refractivity (Wildman–Crippen MR) is 46.9 cm³/mol. The van der Waals surface area contributed by atoms with E-state index in [1.165, 1.54) is 11.9 Å². The van der Waals surface area contributed by atoms with Gasteiger partial charge in [0.15, 0.2) is 5.82 Å². The molecule has 0 aliphatic carbocycles. The van der Waals surface area contributed by atoms with E-state index < -0.39 is 5.82 Å². The lowest BCUT2D eigenvalue weighted by atomic mass is 10.3. The van der Waals surface area contributed by atoms with Crippen LogP contribution < -0.4 is 5.14 Å². The minimum atomic E-state index is -0.410. The summed E-state index contributed by atoms with van der Waals surface area (Å²) in [5.41, 5.74) is 0. The molecule has 1 atom stereocenters. The molecule has 1 aromatic rings. The van der Waals surface area contributed by atoms with Gasteiger partial charge >= 0.3 is 0 Å². The van der Waals surface area contributed by atoms with E-state index in [-0.39, 0.29) is 5.25 Å². The molecule has 12 heavy (non-hydrogen) atoms. The number of nitrogens with zero attached hydrogens (tertiary/aromatic N) is 2.